The van der Waals surface area contributed by atoms with Crippen LogP contribution in [0.25, 0.3) is 0 Å². The summed E-state index contributed by atoms with van der Waals surface area (Å²) in [5.74, 6) is -2.21. The molecule has 0 aliphatic carbocycles. The van der Waals surface area contributed by atoms with Crippen LogP contribution in [0, 0.1) is 21.8 Å². The van der Waals surface area contributed by atoms with Crippen LogP contribution in [0.1, 0.15) is 24.2 Å². The van der Waals surface area contributed by atoms with Gasteiger partial charge >= 0.3 is 0 Å². The van der Waals surface area contributed by atoms with Gasteiger partial charge in [-0.05, 0) is 30.2 Å². The molecule has 0 fully saturated rings. The third-order valence-electron chi connectivity index (χ3n) is 3.77. The van der Waals surface area contributed by atoms with Crippen LogP contribution in [0.5, 0.6) is 0 Å². The predicted octanol–water partition coefficient (Wildman–Crippen LogP) is 3.78. The van der Waals surface area contributed by atoms with E-state index >= 15 is 0 Å². The van der Waals surface area contributed by atoms with E-state index in [9.17, 15) is 24.1 Å². The number of amides is 2. The van der Waals surface area contributed by atoms with Gasteiger partial charge in [-0.1, -0.05) is 37.6 Å². The van der Waals surface area contributed by atoms with Gasteiger partial charge in [0, 0.05) is 11.6 Å². The molecule has 0 saturated heterocycles. The molecule has 0 spiro atoms. The summed E-state index contributed by atoms with van der Waals surface area (Å²) in [5.41, 5.74) is -0.443. The van der Waals surface area contributed by atoms with Gasteiger partial charge in [-0.25, -0.2) is 4.39 Å². The minimum absolute atomic E-state index is 0.00969. The van der Waals surface area contributed by atoms with E-state index in [1.807, 2.05) is 0 Å². The molecule has 0 aliphatic rings. The van der Waals surface area contributed by atoms with Gasteiger partial charge in [-0.15, -0.1) is 0 Å². The molecular formula is C18H17ClFN3O4. The van der Waals surface area contributed by atoms with Crippen LogP contribution in [0.3, 0.4) is 0 Å². The number of nitro groups is 1. The molecule has 2 aromatic rings. The van der Waals surface area contributed by atoms with E-state index in [0.29, 0.717) is 0 Å². The number of carbonyl (C=O) groups is 2. The van der Waals surface area contributed by atoms with E-state index in [-0.39, 0.29) is 22.2 Å². The Balaban J connectivity index is 2.19. The Bertz CT molecular complexity index is 889. The average molecular weight is 394 g/mol. The molecule has 27 heavy (non-hydrogen) atoms. The Hall–Kier alpha value is -3.00. The Morgan fingerprint density at radius 3 is 2.44 bits per heavy atom. The number of nitrogens with one attached hydrogen (secondary N) is 2. The molecule has 9 heteroatoms. The van der Waals surface area contributed by atoms with Crippen LogP contribution in [-0.4, -0.2) is 22.8 Å². The quantitative estimate of drug-likeness (QED) is 0.576. The summed E-state index contributed by atoms with van der Waals surface area (Å²) in [6.45, 7) is 3.41. The molecule has 142 valence electrons. The fourth-order valence-corrected chi connectivity index (χ4v) is 2.51. The van der Waals surface area contributed by atoms with Gasteiger partial charge in [0.05, 0.1) is 10.6 Å². The zero-order valence-corrected chi connectivity index (χ0v) is 15.3. The Labute approximate surface area is 159 Å². The molecule has 2 amide bonds. The fraction of sp³-hybridized carbons (Fsp3) is 0.222. The van der Waals surface area contributed by atoms with Gasteiger partial charge in [0.2, 0.25) is 5.91 Å². The molecule has 7 nitrogen and oxygen atoms in total. The summed E-state index contributed by atoms with van der Waals surface area (Å²) in [7, 11) is 0. The standard InChI is InChI=1S/C18H17ClFN3O4/c1-10(2)16(18(25)21-14-6-4-3-5-13(14)20)22-17(24)11-7-8-12(19)15(9-11)23(26)27/h3-10,16H,1-2H3,(H,21,25)(H,22,24). The summed E-state index contributed by atoms with van der Waals surface area (Å²) in [6.07, 6.45) is 0. The van der Waals surface area contributed by atoms with Crippen molar-refractivity contribution in [3.8, 4) is 0 Å². The lowest BCUT2D eigenvalue weighted by Crippen LogP contribution is -2.47. The molecule has 0 saturated carbocycles. The summed E-state index contributed by atoms with van der Waals surface area (Å²) < 4.78 is 13.7. The van der Waals surface area contributed by atoms with Crippen LogP contribution in [-0.2, 0) is 4.79 Å². The van der Waals surface area contributed by atoms with Crippen molar-refractivity contribution in [2.24, 2.45) is 5.92 Å². The lowest BCUT2D eigenvalue weighted by Gasteiger charge is -2.22. The van der Waals surface area contributed by atoms with Crippen molar-refractivity contribution in [2.75, 3.05) is 5.32 Å². The Kier molecular flexibility index (Phi) is 6.46. The molecule has 0 heterocycles. The SMILES string of the molecule is CC(C)C(NC(=O)c1ccc(Cl)c([N+](=O)[O-])c1)C(=O)Nc1ccccc1F. The van der Waals surface area contributed by atoms with E-state index in [0.717, 1.165) is 6.07 Å². The van der Waals surface area contributed by atoms with Crippen LogP contribution < -0.4 is 10.6 Å². The Morgan fingerprint density at radius 1 is 1.19 bits per heavy atom. The highest BCUT2D eigenvalue weighted by Crippen LogP contribution is 2.25. The monoisotopic (exact) mass is 393 g/mol. The number of carbonyl (C=O) groups excluding carboxylic acids is 2. The van der Waals surface area contributed by atoms with E-state index in [1.165, 1.54) is 30.3 Å². The van der Waals surface area contributed by atoms with Crippen molar-refractivity contribution in [3.63, 3.8) is 0 Å². The van der Waals surface area contributed by atoms with E-state index < -0.39 is 34.3 Å². The van der Waals surface area contributed by atoms with E-state index in [2.05, 4.69) is 10.6 Å². The summed E-state index contributed by atoms with van der Waals surface area (Å²) in [4.78, 5) is 35.2. The molecule has 1 atom stereocenters. The van der Waals surface area contributed by atoms with Crippen molar-refractivity contribution < 1.29 is 18.9 Å². The highest BCUT2D eigenvalue weighted by Gasteiger charge is 2.26. The van der Waals surface area contributed by atoms with Crippen LogP contribution in [0.15, 0.2) is 42.5 Å². The predicted molar refractivity (Wildman–Crippen MR) is 99.2 cm³/mol. The van der Waals surface area contributed by atoms with Crippen LogP contribution in [0.2, 0.25) is 5.02 Å². The first-order chi connectivity index (χ1) is 12.7. The average Bonchev–Trinajstić information content (AvgIpc) is 2.61. The van der Waals surface area contributed by atoms with Crippen molar-refractivity contribution in [1.29, 1.82) is 0 Å². The maximum Gasteiger partial charge on any atom is 0.288 e. The zero-order valence-electron chi connectivity index (χ0n) is 14.5. The molecule has 0 radical (unpaired) electrons. The summed E-state index contributed by atoms with van der Waals surface area (Å²) >= 11 is 5.73. The lowest BCUT2D eigenvalue weighted by atomic mass is 10.0. The number of anilines is 1. The molecule has 0 bridgehead atoms. The van der Waals surface area contributed by atoms with Gasteiger partial charge in [0.25, 0.3) is 11.6 Å². The van der Waals surface area contributed by atoms with Crippen molar-refractivity contribution >= 4 is 34.8 Å². The lowest BCUT2D eigenvalue weighted by molar-refractivity contribution is -0.384. The third-order valence-corrected chi connectivity index (χ3v) is 4.09. The number of hydrogen-bond donors (Lipinski definition) is 2. The van der Waals surface area contributed by atoms with Crippen molar-refractivity contribution in [2.45, 2.75) is 19.9 Å². The number of para-hydroxylation sites is 1. The molecule has 2 N–H and O–H groups in total. The topological polar surface area (TPSA) is 101 Å². The number of nitrogens with zero attached hydrogens (tertiary/aromatic N) is 1. The van der Waals surface area contributed by atoms with Crippen molar-refractivity contribution in [3.05, 3.63) is 69.0 Å². The summed E-state index contributed by atoms with van der Waals surface area (Å²) in [6, 6.07) is 8.25. The molecule has 2 aromatic carbocycles. The minimum Gasteiger partial charge on any atom is -0.340 e. The van der Waals surface area contributed by atoms with E-state index in [1.54, 1.807) is 19.9 Å². The smallest absolute Gasteiger partial charge is 0.288 e. The highest BCUT2D eigenvalue weighted by molar-refractivity contribution is 6.32. The van der Waals surface area contributed by atoms with Gasteiger partial charge in [0.1, 0.15) is 16.9 Å². The van der Waals surface area contributed by atoms with Crippen LogP contribution >= 0.6 is 11.6 Å². The van der Waals surface area contributed by atoms with Gasteiger partial charge < -0.3 is 10.6 Å². The molecule has 0 aliphatic heterocycles. The summed E-state index contributed by atoms with van der Waals surface area (Å²) in [5, 5.41) is 15.8. The number of benzene rings is 2. The molecular weight excluding hydrogens is 377 g/mol. The largest absolute Gasteiger partial charge is 0.340 e. The number of nitro benzene ring substituents is 1. The molecule has 0 aromatic heterocycles. The molecule has 2 rings (SSSR count). The van der Waals surface area contributed by atoms with Gasteiger partial charge in [-0.2, -0.15) is 0 Å². The third kappa shape index (κ3) is 5.01. The van der Waals surface area contributed by atoms with Crippen molar-refractivity contribution in [1.82, 2.24) is 5.32 Å². The number of hydrogen-bond acceptors (Lipinski definition) is 4. The first-order valence-electron chi connectivity index (χ1n) is 8.01. The maximum absolute atomic E-state index is 13.7. The van der Waals surface area contributed by atoms with Gasteiger partial charge in [0.15, 0.2) is 0 Å². The zero-order chi connectivity index (χ0) is 20.1. The van der Waals surface area contributed by atoms with Gasteiger partial charge in [-0.3, -0.25) is 19.7 Å². The number of halogens is 2. The van der Waals surface area contributed by atoms with Crippen LogP contribution in [0.4, 0.5) is 15.8 Å². The second-order valence-electron chi connectivity index (χ2n) is 6.09. The maximum atomic E-state index is 13.7. The first-order valence-corrected chi connectivity index (χ1v) is 8.38. The second kappa shape index (κ2) is 8.59. The normalized spacial score (nSPS) is 11.7. The highest BCUT2D eigenvalue weighted by atomic mass is 35.5. The molecule has 1 unspecified atom stereocenters. The fourth-order valence-electron chi connectivity index (χ4n) is 2.33. The second-order valence-corrected chi connectivity index (χ2v) is 6.49. The first kappa shape index (κ1) is 20.3. The minimum atomic E-state index is -0.980. The number of rotatable bonds is 6. The Morgan fingerprint density at radius 2 is 1.85 bits per heavy atom. The van der Waals surface area contributed by atoms with E-state index in [4.69, 9.17) is 11.6 Å².